The van der Waals surface area contributed by atoms with E-state index in [2.05, 4.69) is 292 Å². The summed E-state index contributed by atoms with van der Waals surface area (Å²) in [5.41, 5.74) is 20.6. The van der Waals surface area contributed by atoms with Crippen LogP contribution in [0.2, 0.25) is 0 Å². The van der Waals surface area contributed by atoms with Gasteiger partial charge in [0.2, 0.25) is 0 Å². The van der Waals surface area contributed by atoms with Crippen LogP contribution in [0.1, 0.15) is 110 Å². The van der Waals surface area contributed by atoms with Gasteiger partial charge in [-0.2, -0.15) is 0 Å². The zero-order valence-corrected chi connectivity index (χ0v) is 48.4. The monoisotopic (exact) mass is 1030 g/mol. The Morgan fingerprint density at radius 1 is 0.462 bits per heavy atom. The zero-order valence-electron chi connectivity index (χ0n) is 47.4. The van der Waals surface area contributed by atoms with Crippen LogP contribution in [-0.4, -0.2) is 14.8 Å². The molecule has 0 unspecified atom stereocenters. The quantitative estimate of drug-likeness (QED) is 0.117. The van der Waals surface area contributed by atoms with Crippen molar-refractivity contribution in [2.75, 3.05) is 9.80 Å². The molecular weight excluding hydrogens is 960 g/mol. The largest absolute Gasteiger partial charge is 0.468 e. The predicted molar refractivity (Wildman–Crippen MR) is 337 cm³/mol. The average Bonchev–Trinajstić information content (AvgIpc) is 4.02. The molecule has 0 bridgehead atoms. The molecule has 1 aromatic heterocycles. The van der Waals surface area contributed by atoms with Crippen molar-refractivity contribution in [1.29, 1.82) is 0 Å². The van der Waals surface area contributed by atoms with Crippen molar-refractivity contribution in [3.63, 3.8) is 0 Å². The summed E-state index contributed by atoms with van der Waals surface area (Å²) in [4.78, 5) is 5.10. The highest BCUT2D eigenvalue weighted by atomic mass is 28.3. The number of hydrogen-bond donors (Lipinski definition) is 0. The van der Waals surface area contributed by atoms with E-state index in [9.17, 15) is 0 Å². The molecule has 0 saturated carbocycles. The molecule has 10 aromatic rings. The third kappa shape index (κ3) is 7.89. The topological polar surface area (TPSA) is 19.6 Å². The molecule has 0 amide bonds. The summed E-state index contributed by atoms with van der Waals surface area (Å²) in [7, 11) is -2.75. The van der Waals surface area contributed by atoms with Gasteiger partial charge in [0.1, 0.15) is 5.58 Å². The number of aryl methyl sites for hydroxylation is 1. The fraction of sp³-hybridized carbons (Fsp3) is 0.233. The van der Waals surface area contributed by atoms with Gasteiger partial charge < -0.3 is 14.2 Å². The highest BCUT2D eigenvalue weighted by Gasteiger charge is 2.48. The molecule has 5 heteroatoms. The summed E-state index contributed by atoms with van der Waals surface area (Å²) in [5.74, 6) is 0. The van der Waals surface area contributed by atoms with Crippen molar-refractivity contribution in [2.45, 2.75) is 111 Å². The molecule has 0 spiro atoms. The Morgan fingerprint density at radius 2 is 0.962 bits per heavy atom. The number of furan rings is 1. The molecule has 78 heavy (non-hydrogen) atoms. The molecule has 0 saturated heterocycles. The van der Waals surface area contributed by atoms with Gasteiger partial charge in [-0.05, 0) is 167 Å². The first-order chi connectivity index (χ1) is 37.3. The van der Waals surface area contributed by atoms with Crippen molar-refractivity contribution in [3.8, 4) is 11.1 Å². The molecule has 3 nitrogen and oxygen atoms in total. The summed E-state index contributed by atoms with van der Waals surface area (Å²) >= 11 is 0. The molecule has 9 aromatic carbocycles. The number of fused-ring (bicyclic) bond motifs is 7. The molecule has 3 aliphatic rings. The molecule has 0 radical (unpaired) electrons. The van der Waals surface area contributed by atoms with E-state index in [-0.39, 0.29) is 28.4 Å². The van der Waals surface area contributed by atoms with Gasteiger partial charge in [0.15, 0.2) is 8.07 Å². The second kappa shape index (κ2) is 18.0. The fourth-order valence-corrected chi connectivity index (χ4v) is 18.4. The van der Waals surface area contributed by atoms with Gasteiger partial charge in [-0.3, -0.25) is 0 Å². The van der Waals surface area contributed by atoms with Crippen molar-refractivity contribution in [3.05, 3.63) is 234 Å². The van der Waals surface area contributed by atoms with Crippen LogP contribution >= 0.6 is 0 Å². The lowest BCUT2D eigenvalue weighted by molar-refractivity contribution is 0.332. The SMILES string of the molecule is Cc1cc2c3c(c1)N(c1ccc(-c4cccc([Si](c5ccccc5)(c5ccccc5)c5ccccc5)c4)cc1)c1c(oc4cc5c(cc14)C(C)(C)CCC5(C)C)B3c1cc(C(C)(C)C)ccc1N2c1ccc(C(C)(C)C)cc1. The second-order valence-electron chi connectivity index (χ2n) is 26.1. The minimum absolute atomic E-state index is 0.0185. The maximum Gasteiger partial charge on any atom is 0.297 e. The molecular formula is C73H71BN2OSi. The highest BCUT2D eigenvalue weighted by molar-refractivity contribution is 7.20. The Bertz CT molecular complexity index is 3840. The van der Waals surface area contributed by atoms with E-state index in [0.717, 1.165) is 41.1 Å². The molecule has 2 aliphatic heterocycles. The maximum absolute atomic E-state index is 7.62. The Balaban J connectivity index is 1.04. The Hall–Kier alpha value is -7.60. The lowest BCUT2D eigenvalue weighted by Crippen LogP contribution is -2.74. The summed E-state index contributed by atoms with van der Waals surface area (Å²) in [6, 6.07) is 78.9. The summed E-state index contributed by atoms with van der Waals surface area (Å²) in [6.45, 7) is 25.7. The van der Waals surface area contributed by atoms with Crippen LogP contribution in [0, 0.1) is 6.92 Å². The third-order valence-electron chi connectivity index (χ3n) is 18.0. The van der Waals surface area contributed by atoms with Crippen LogP contribution < -0.4 is 47.1 Å². The van der Waals surface area contributed by atoms with E-state index in [0.29, 0.717) is 0 Å². The number of rotatable bonds is 7. The minimum atomic E-state index is -2.75. The Morgan fingerprint density at radius 3 is 1.53 bits per heavy atom. The van der Waals surface area contributed by atoms with Crippen molar-refractivity contribution in [2.24, 2.45) is 0 Å². The van der Waals surface area contributed by atoms with Crippen LogP contribution in [-0.2, 0) is 21.7 Å². The highest BCUT2D eigenvalue weighted by Crippen LogP contribution is 2.52. The summed E-state index contributed by atoms with van der Waals surface area (Å²) in [6.07, 6.45) is 2.28. The zero-order chi connectivity index (χ0) is 54.1. The second-order valence-corrected chi connectivity index (χ2v) is 29.9. The first kappa shape index (κ1) is 49.9. The average molecular weight is 1030 g/mol. The van der Waals surface area contributed by atoms with Crippen LogP contribution in [0.5, 0.6) is 0 Å². The number of hydrogen-bond acceptors (Lipinski definition) is 3. The normalized spacial score (nSPS) is 15.4. The summed E-state index contributed by atoms with van der Waals surface area (Å²) in [5, 5.41) is 6.65. The fourth-order valence-electron chi connectivity index (χ4n) is 13.6. The van der Waals surface area contributed by atoms with Crippen molar-refractivity contribution < 1.29 is 4.42 Å². The van der Waals surface area contributed by atoms with E-state index in [1.54, 1.807) is 0 Å². The van der Waals surface area contributed by atoms with Crippen LogP contribution in [0.4, 0.5) is 34.1 Å². The van der Waals surface area contributed by atoms with E-state index in [1.807, 2.05) is 0 Å². The van der Waals surface area contributed by atoms with Gasteiger partial charge in [-0.15, -0.1) is 0 Å². The lowest BCUT2D eigenvalue weighted by atomic mass is 9.35. The Labute approximate surface area is 464 Å². The molecule has 0 N–H and O–H groups in total. The minimum Gasteiger partial charge on any atom is -0.468 e. The first-order valence-corrected chi connectivity index (χ1v) is 30.3. The molecule has 0 fully saturated rings. The van der Waals surface area contributed by atoms with Gasteiger partial charge in [-0.25, -0.2) is 0 Å². The maximum atomic E-state index is 7.62. The lowest BCUT2D eigenvalue weighted by Gasteiger charge is -2.43. The van der Waals surface area contributed by atoms with E-state index in [1.165, 1.54) is 93.1 Å². The molecule has 3 heterocycles. The predicted octanol–water partition coefficient (Wildman–Crippen LogP) is 14.8. The van der Waals surface area contributed by atoms with Gasteiger partial charge in [0.05, 0.1) is 11.3 Å². The molecule has 13 rings (SSSR count). The number of benzene rings is 9. The number of nitrogens with zero attached hydrogens (tertiary/aromatic N) is 2. The first-order valence-electron chi connectivity index (χ1n) is 28.3. The van der Waals surface area contributed by atoms with Crippen LogP contribution in [0.15, 0.2) is 211 Å². The van der Waals surface area contributed by atoms with Gasteiger partial charge >= 0.3 is 0 Å². The van der Waals surface area contributed by atoms with Crippen LogP contribution in [0.3, 0.4) is 0 Å². The van der Waals surface area contributed by atoms with Gasteiger partial charge in [0, 0.05) is 33.8 Å². The molecule has 0 atom stereocenters. The molecule has 1 aliphatic carbocycles. The van der Waals surface area contributed by atoms with Gasteiger partial charge in [0.25, 0.3) is 6.71 Å². The smallest absolute Gasteiger partial charge is 0.297 e. The van der Waals surface area contributed by atoms with Crippen LogP contribution in [0.25, 0.3) is 22.1 Å². The molecule has 386 valence electrons. The van der Waals surface area contributed by atoms with E-state index < -0.39 is 8.07 Å². The van der Waals surface area contributed by atoms with E-state index >= 15 is 0 Å². The Kier molecular flexibility index (Phi) is 11.5. The standard InChI is InChI=1S/C73H71BN2OSi/c1-48-42-64-67-65(43-48)76(54-35-30-49(31-36-54)50-22-21-29-58(44-50)78(55-23-15-12-16-24-55,56-25-17-13-18-26-56)57-27-19-14-20-28-57)68-59-46-60-61(73(10,11)41-40-72(60,8)9)47-66(59)77-69(68)74(67)62-45-52(71(5,6)7)34-39-63(62)75(64)53-37-32-51(33-38-53)70(2,3)4/h12-39,42-47H,40-41H2,1-11H3. The summed E-state index contributed by atoms with van der Waals surface area (Å²) < 4.78 is 7.62. The van der Waals surface area contributed by atoms with Gasteiger partial charge in [-0.1, -0.05) is 221 Å². The van der Waals surface area contributed by atoms with Crippen molar-refractivity contribution in [1.82, 2.24) is 0 Å². The third-order valence-corrected chi connectivity index (χ3v) is 22.8. The number of anilines is 6. The van der Waals surface area contributed by atoms with Crippen molar-refractivity contribution >= 4 is 97.2 Å². The van der Waals surface area contributed by atoms with E-state index in [4.69, 9.17) is 4.42 Å².